The molecule has 22 heavy (non-hydrogen) atoms. The van der Waals surface area contributed by atoms with Gasteiger partial charge in [0.25, 0.3) is 0 Å². The number of morpholine rings is 1. The van der Waals surface area contributed by atoms with Crippen LogP contribution in [0.15, 0.2) is 24.3 Å². The van der Waals surface area contributed by atoms with Crippen molar-refractivity contribution in [3.8, 4) is 0 Å². The van der Waals surface area contributed by atoms with Gasteiger partial charge in [-0.25, -0.2) is 0 Å². The number of hydrogen-bond acceptors (Lipinski definition) is 4. The van der Waals surface area contributed by atoms with E-state index >= 15 is 0 Å². The molecule has 7 heteroatoms. The number of nitrogens with zero attached hydrogens (tertiary/aromatic N) is 1. The van der Waals surface area contributed by atoms with E-state index in [-0.39, 0.29) is 36.8 Å². The average Bonchev–Trinajstić information content (AvgIpc) is 3.03. The molecule has 2 heterocycles. The van der Waals surface area contributed by atoms with Gasteiger partial charge in [-0.1, -0.05) is 6.07 Å². The van der Waals surface area contributed by atoms with Crippen molar-refractivity contribution < 1.29 is 9.53 Å². The van der Waals surface area contributed by atoms with E-state index in [2.05, 4.69) is 21.6 Å². The van der Waals surface area contributed by atoms with Crippen molar-refractivity contribution in [3.63, 3.8) is 0 Å². The zero-order chi connectivity index (χ0) is 13.8. The summed E-state index contributed by atoms with van der Waals surface area (Å²) >= 11 is 0. The fourth-order valence-corrected chi connectivity index (χ4v) is 2.72. The molecule has 1 unspecified atom stereocenters. The van der Waals surface area contributed by atoms with E-state index in [9.17, 15) is 4.79 Å². The van der Waals surface area contributed by atoms with Crippen LogP contribution in [0.1, 0.15) is 12.8 Å². The van der Waals surface area contributed by atoms with Gasteiger partial charge in [0.2, 0.25) is 5.91 Å². The molecule has 2 aliphatic heterocycles. The van der Waals surface area contributed by atoms with Gasteiger partial charge in [-0.05, 0) is 31.0 Å². The van der Waals surface area contributed by atoms with Crippen LogP contribution in [0.2, 0.25) is 0 Å². The van der Waals surface area contributed by atoms with Crippen molar-refractivity contribution in [2.24, 2.45) is 0 Å². The number of nitrogens with one attached hydrogen (secondary N) is 2. The molecule has 1 atom stereocenters. The Balaban J connectivity index is 0.00000121. The minimum absolute atomic E-state index is 0. The van der Waals surface area contributed by atoms with E-state index < -0.39 is 0 Å². The molecule has 0 saturated carbocycles. The largest absolute Gasteiger partial charge is 0.378 e. The van der Waals surface area contributed by atoms with E-state index in [1.54, 1.807) is 0 Å². The van der Waals surface area contributed by atoms with E-state index in [1.165, 1.54) is 18.5 Å². The first-order valence-corrected chi connectivity index (χ1v) is 7.30. The second kappa shape index (κ2) is 9.20. The lowest BCUT2D eigenvalue weighted by molar-refractivity contribution is -0.120. The standard InChI is InChI=1S/C15H21N3O2.2ClH/c19-15(14-11-20-9-6-16-14)17-12-4-3-5-13(10-12)18-7-1-2-8-18;;/h3-5,10,14,16H,1-2,6-9,11H2,(H,17,19);2*1H. The molecule has 1 aromatic rings. The lowest BCUT2D eigenvalue weighted by Gasteiger charge is -2.23. The number of hydrogen-bond donors (Lipinski definition) is 2. The maximum absolute atomic E-state index is 12.1. The number of benzene rings is 1. The van der Waals surface area contributed by atoms with Gasteiger partial charge in [-0.3, -0.25) is 4.79 Å². The Morgan fingerprint density at radius 2 is 2.05 bits per heavy atom. The maximum Gasteiger partial charge on any atom is 0.243 e. The summed E-state index contributed by atoms with van der Waals surface area (Å²) in [7, 11) is 0. The summed E-state index contributed by atoms with van der Waals surface area (Å²) in [6.07, 6.45) is 2.50. The Hall–Kier alpha value is -1.01. The Bertz CT molecular complexity index is 476. The van der Waals surface area contributed by atoms with Crippen molar-refractivity contribution in [2.45, 2.75) is 18.9 Å². The van der Waals surface area contributed by atoms with Crippen molar-refractivity contribution >= 4 is 42.1 Å². The van der Waals surface area contributed by atoms with Crippen LogP contribution in [0.25, 0.3) is 0 Å². The molecule has 0 spiro atoms. The molecular formula is C15H23Cl2N3O2. The number of ether oxygens (including phenoxy) is 1. The molecule has 3 rings (SSSR count). The molecule has 1 amide bonds. The summed E-state index contributed by atoms with van der Waals surface area (Å²) in [5, 5.41) is 6.13. The van der Waals surface area contributed by atoms with Crippen LogP contribution in [0.3, 0.4) is 0 Å². The van der Waals surface area contributed by atoms with Crippen LogP contribution >= 0.6 is 24.8 Å². The van der Waals surface area contributed by atoms with E-state index in [1.807, 2.05) is 18.2 Å². The summed E-state index contributed by atoms with van der Waals surface area (Å²) in [5.41, 5.74) is 2.04. The fourth-order valence-electron chi connectivity index (χ4n) is 2.72. The van der Waals surface area contributed by atoms with Gasteiger partial charge >= 0.3 is 0 Å². The van der Waals surface area contributed by atoms with Crippen LogP contribution in [0, 0.1) is 0 Å². The van der Waals surface area contributed by atoms with Gasteiger partial charge in [0.05, 0.1) is 13.2 Å². The normalized spacial score (nSPS) is 20.7. The lowest BCUT2D eigenvalue weighted by Crippen LogP contribution is -2.48. The van der Waals surface area contributed by atoms with E-state index in [4.69, 9.17) is 4.74 Å². The highest BCUT2D eigenvalue weighted by Crippen LogP contribution is 2.23. The van der Waals surface area contributed by atoms with Crippen molar-refractivity contribution in [1.82, 2.24) is 5.32 Å². The zero-order valence-electron chi connectivity index (χ0n) is 12.4. The topological polar surface area (TPSA) is 53.6 Å². The summed E-state index contributed by atoms with van der Waals surface area (Å²) < 4.78 is 5.31. The van der Waals surface area contributed by atoms with Crippen LogP contribution in [0.5, 0.6) is 0 Å². The van der Waals surface area contributed by atoms with Crippen molar-refractivity contribution in [2.75, 3.05) is 43.1 Å². The summed E-state index contributed by atoms with van der Waals surface area (Å²) in [6.45, 7) is 4.06. The third-order valence-corrected chi connectivity index (χ3v) is 3.82. The molecule has 0 bridgehead atoms. The van der Waals surface area contributed by atoms with Gasteiger partial charge in [-0.2, -0.15) is 0 Å². The second-order valence-electron chi connectivity index (χ2n) is 5.32. The number of amides is 1. The van der Waals surface area contributed by atoms with Crippen LogP contribution in [0.4, 0.5) is 11.4 Å². The predicted octanol–water partition coefficient (Wildman–Crippen LogP) is 2.06. The number of halogens is 2. The summed E-state index contributed by atoms with van der Waals surface area (Å²) in [6, 6.07) is 7.82. The highest BCUT2D eigenvalue weighted by atomic mass is 35.5. The fraction of sp³-hybridized carbons (Fsp3) is 0.533. The summed E-state index contributed by atoms with van der Waals surface area (Å²) in [5.74, 6) is -0.0247. The van der Waals surface area contributed by atoms with Gasteiger partial charge in [0.1, 0.15) is 6.04 Å². The first-order valence-electron chi connectivity index (χ1n) is 7.30. The molecule has 0 aliphatic carbocycles. The zero-order valence-corrected chi connectivity index (χ0v) is 14.0. The highest BCUT2D eigenvalue weighted by molar-refractivity contribution is 5.95. The smallest absolute Gasteiger partial charge is 0.243 e. The Kier molecular flexibility index (Phi) is 7.96. The molecule has 2 fully saturated rings. The number of carbonyl (C=O) groups is 1. The third kappa shape index (κ3) is 4.74. The van der Waals surface area contributed by atoms with Gasteiger partial charge in [0.15, 0.2) is 0 Å². The number of anilines is 2. The predicted molar refractivity (Wildman–Crippen MR) is 93.6 cm³/mol. The minimum atomic E-state index is -0.251. The molecular weight excluding hydrogens is 325 g/mol. The average molecular weight is 348 g/mol. The highest BCUT2D eigenvalue weighted by Gasteiger charge is 2.21. The lowest BCUT2D eigenvalue weighted by atomic mass is 10.2. The van der Waals surface area contributed by atoms with Crippen molar-refractivity contribution in [1.29, 1.82) is 0 Å². The molecule has 0 radical (unpaired) electrons. The Morgan fingerprint density at radius 3 is 2.73 bits per heavy atom. The molecule has 1 aromatic carbocycles. The SMILES string of the molecule is Cl.Cl.O=C(Nc1cccc(N2CCCC2)c1)C1COCCN1. The van der Waals surface area contributed by atoms with Crippen LogP contribution in [-0.2, 0) is 9.53 Å². The monoisotopic (exact) mass is 347 g/mol. The van der Waals surface area contributed by atoms with Crippen LogP contribution < -0.4 is 15.5 Å². The minimum Gasteiger partial charge on any atom is -0.378 e. The van der Waals surface area contributed by atoms with E-state index in [0.29, 0.717) is 13.2 Å². The first-order chi connectivity index (χ1) is 9.83. The molecule has 2 saturated heterocycles. The van der Waals surface area contributed by atoms with E-state index in [0.717, 1.165) is 25.3 Å². The van der Waals surface area contributed by atoms with Crippen molar-refractivity contribution in [3.05, 3.63) is 24.3 Å². The second-order valence-corrected chi connectivity index (χ2v) is 5.32. The summed E-state index contributed by atoms with van der Waals surface area (Å²) in [4.78, 5) is 14.5. The quantitative estimate of drug-likeness (QED) is 0.878. The molecule has 0 aromatic heterocycles. The Morgan fingerprint density at radius 1 is 1.27 bits per heavy atom. The first kappa shape index (κ1) is 19.0. The van der Waals surface area contributed by atoms with Gasteiger partial charge in [0, 0.05) is 31.0 Å². The third-order valence-electron chi connectivity index (χ3n) is 3.82. The Labute approximate surface area is 143 Å². The molecule has 124 valence electrons. The maximum atomic E-state index is 12.1. The number of carbonyl (C=O) groups excluding carboxylic acids is 1. The molecule has 2 N–H and O–H groups in total. The van der Waals surface area contributed by atoms with Crippen LogP contribution in [-0.4, -0.2) is 44.8 Å². The molecule has 5 nitrogen and oxygen atoms in total. The van der Waals surface area contributed by atoms with Gasteiger partial charge in [-0.15, -0.1) is 24.8 Å². The number of rotatable bonds is 3. The molecule has 2 aliphatic rings. The van der Waals surface area contributed by atoms with Gasteiger partial charge < -0.3 is 20.3 Å².